The standard InChI is InChI=1S/C4H8B4/c1-4(8-6)2-3-7-5/h4H,2-3H2,1H3. The summed E-state index contributed by atoms with van der Waals surface area (Å²) in [6.07, 6.45) is 2.02. The lowest BCUT2D eigenvalue weighted by molar-refractivity contribution is 0.874. The van der Waals surface area contributed by atoms with E-state index in [0.717, 1.165) is 12.7 Å². The van der Waals surface area contributed by atoms with Gasteiger partial charge in [0, 0.05) is 15.5 Å². The normalized spacial score (nSPS) is 12.6. The summed E-state index contributed by atoms with van der Waals surface area (Å²) in [6.45, 7) is 2.07. The summed E-state index contributed by atoms with van der Waals surface area (Å²) in [5, 5.41) is 0. The molecule has 6 radical (unpaired) electrons. The average molecular weight is 99.4 g/mol. The summed E-state index contributed by atoms with van der Waals surface area (Å²) in [4.78, 5) is 0. The van der Waals surface area contributed by atoms with Gasteiger partial charge in [0.15, 0.2) is 0 Å². The van der Waals surface area contributed by atoms with Crippen LogP contribution < -0.4 is 0 Å². The topological polar surface area (TPSA) is 0 Å². The third-order valence-electron chi connectivity index (χ3n) is 1.12. The van der Waals surface area contributed by atoms with Gasteiger partial charge in [-0.1, -0.05) is 25.5 Å². The van der Waals surface area contributed by atoms with E-state index in [4.69, 9.17) is 15.5 Å². The number of hydrogen-bond acceptors (Lipinski definition) is 0. The molecule has 0 aliphatic rings. The van der Waals surface area contributed by atoms with Crippen molar-refractivity contribution in [1.82, 2.24) is 0 Å². The second-order valence-corrected chi connectivity index (χ2v) is 1.98. The first-order valence-electron chi connectivity index (χ1n) is 2.89. The third-order valence-corrected chi connectivity index (χ3v) is 1.12. The van der Waals surface area contributed by atoms with Gasteiger partial charge in [-0.3, -0.25) is 0 Å². The van der Waals surface area contributed by atoms with Crippen LogP contribution in [-0.4, -0.2) is 29.8 Å². The molecule has 0 saturated carbocycles. The van der Waals surface area contributed by atoms with Gasteiger partial charge in [-0.15, -0.1) is 0 Å². The van der Waals surface area contributed by atoms with Crippen molar-refractivity contribution in [3.63, 3.8) is 0 Å². The molecule has 8 heavy (non-hydrogen) atoms. The van der Waals surface area contributed by atoms with Crippen molar-refractivity contribution < 1.29 is 0 Å². The zero-order valence-electron chi connectivity index (χ0n) is 5.30. The van der Waals surface area contributed by atoms with Crippen molar-refractivity contribution in [2.45, 2.75) is 25.5 Å². The van der Waals surface area contributed by atoms with Crippen LogP contribution in [0.5, 0.6) is 0 Å². The van der Waals surface area contributed by atoms with Crippen LogP contribution in [0.2, 0.25) is 12.1 Å². The molecule has 0 aliphatic heterocycles. The van der Waals surface area contributed by atoms with Crippen LogP contribution in [0.15, 0.2) is 0 Å². The zero-order valence-corrected chi connectivity index (χ0v) is 5.30. The molecule has 0 aliphatic carbocycles. The lowest BCUT2D eigenvalue weighted by atomic mass is 9.44. The van der Waals surface area contributed by atoms with E-state index in [-0.39, 0.29) is 0 Å². The lowest BCUT2D eigenvalue weighted by Crippen LogP contribution is -2.00. The van der Waals surface area contributed by atoms with Gasteiger partial charge in [0.1, 0.15) is 0 Å². The molecule has 0 spiro atoms. The Kier molecular flexibility index (Phi) is 5.57. The molecule has 0 fully saturated rings. The molecule has 1 atom stereocenters. The Labute approximate surface area is 56.1 Å². The molecule has 1 unspecified atom stereocenters. The van der Waals surface area contributed by atoms with Crippen LogP contribution >= 0.6 is 0 Å². The summed E-state index contributed by atoms with van der Waals surface area (Å²) in [7, 11) is 13.7. The van der Waals surface area contributed by atoms with E-state index < -0.39 is 0 Å². The first-order chi connectivity index (χ1) is 3.81. The molecule has 0 saturated heterocycles. The average Bonchev–Trinajstić information content (AvgIpc) is 1.83. The Morgan fingerprint density at radius 2 is 2.12 bits per heavy atom. The minimum atomic E-state index is 0.495. The largest absolute Gasteiger partial charge is 0.0899 e. The fourth-order valence-corrected chi connectivity index (χ4v) is 0.455. The van der Waals surface area contributed by atoms with Gasteiger partial charge in [-0.2, -0.15) is 0 Å². The van der Waals surface area contributed by atoms with Gasteiger partial charge >= 0.3 is 0 Å². The minimum absolute atomic E-state index is 0.495. The van der Waals surface area contributed by atoms with Crippen molar-refractivity contribution in [2.24, 2.45) is 0 Å². The molecule has 0 aromatic carbocycles. The second-order valence-electron chi connectivity index (χ2n) is 1.98. The zero-order chi connectivity index (χ0) is 6.41. The van der Waals surface area contributed by atoms with Crippen LogP contribution in [0, 0.1) is 0 Å². The van der Waals surface area contributed by atoms with Crippen LogP contribution in [0.25, 0.3) is 0 Å². The molecule has 0 aromatic heterocycles. The van der Waals surface area contributed by atoms with Crippen LogP contribution in [0.3, 0.4) is 0 Å². The Hall–Kier alpha value is 0.260. The van der Waals surface area contributed by atoms with Gasteiger partial charge in [0.25, 0.3) is 0 Å². The number of hydrogen-bond donors (Lipinski definition) is 0. The fourth-order valence-electron chi connectivity index (χ4n) is 0.455. The highest BCUT2D eigenvalue weighted by molar-refractivity contribution is 6.90. The van der Waals surface area contributed by atoms with Gasteiger partial charge in [-0.05, 0) is 0 Å². The molecule has 0 aromatic rings. The van der Waals surface area contributed by atoms with E-state index in [1.807, 2.05) is 0 Å². The lowest BCUT2D eigenvalue weighted by Gasteiger charge is -2.04. The van der Waals surface area contributed by atoms with Gasteiger partial charge in [0.2, 0.25) is 0 Å². The Morgan fingerprint density at radius 1 is 1.50 bits per heavy atom. The fraction of sp³-hybridized carbons (Fsp3) is 1.00. The summed E-state index contributed by atoms with van der Waals surface area (Å²) >= 11 is 0. The summed E-state index contributed by atoms with van der Waals surface area (Å²) in [5.41, 5.74) is 0. The van der Waals surface area contributed by atoms with Gasteiger partial charge in [0.05, 0.1) is 14.3 Å². The highest BCUT2D eigenvalue weighted by Gasteiger charge is 1.95. The Morgan fingerprint density at radius 3 is 2.50 bits per heavy atom. The Balaban J connectivity index is 2.86. The van der Waals surface area contributed by atoms with E-state index in [1.54, 1.807) is 14.3 Å². The van der Waals surface area contributed by atoms with Gasteiger partial charge in [-0.25, -0.2) is 0 Å². The first kappa shape index (κ1) is 8.26. The van der Waals surface area contributed by atoms with Crippen molar-refractivity contribution in [3.05, 3.63) is 0 Å². The minimum Gasteiger partial charge on any atom is -0.0899 e. The van der Waals surface area contributed by atoms with E-state index in [1.165, 1.54) is 0 Å². The highest BCUT2D eigenvalue weighted by Crippen LogP contribution is 2.07. The maximum Gasteiger partial charge on any atom is 0.0583 e. The highest BCUT2D eigenvalue weighted by atomic mass is 13.8. The van der Waals surface area contributed by atoms with Crippen LogP contribution in [0.1, 0.15) is 13.3 Å². The monoisotopic (exact) mass is 100 g/mol. The SMILES string of the molecule is [B][B]CCC(C)[B][B]. The third kappa shape index (κ3) is 4.42. The van der Waals surface area contributed by atoms with E-state index in [2.05, 4.69) is 6.92 Å². The smallest absolute Gasteiger partial charge is 0.0583 e. The maximum atomic E-state index is 5.23. The van der Waals surface area contributed by atoms with E-state index >= 15 is 0 Å². The van der Waals surface area contributed by atoms with Gasteiger partial charge < -0.3 is 0 Å². The van der Waals surface area contributed by atoms with Crippen molar-refractivity contribution >= 4 is 29.8 Å². The van der Waals surface area contributed by atoms with Crippen molar-refractivity contribution in [3.8, 4) is 0 Å². The molecule has 0 heterocycles. The molecular formula is C4H8B4. The summed E-state index contributed by atoms with van der Waals surface area (Å²) in [5.74, 6) is 0.495. The first-order valence-corrected chi connectivity index (χ1v) is 2.89. The second kappa shape index (κ2) is 5.40. The quantitative estimate of drug-likeness (QED) is 0.441. The van der Waals surface area contributed by atoms with Crippen LogP contribution in [0.4, 0.5) is 0 Å². The number of rotatable bonds is 4. The Bertz CT molecular complexity index is 47.3. The molecule has 0 rings (SSSR count). The molecular weight excluding hydrogens is 91.3 g/mol. The van der Waals surface area contributed by atoms with Crippen molar-refractivity contribution in [1.29, 1.82) is 0 Å². The molecule has 36 valence electrons. The molecule has 0 N–H and O–H groups in total. The summed E-state index contributed by atoms with van der Waals surface area (Å²) in [6, 6.07) is 0. The molecule has 0 amide bonds. The predicted molar refractivity (Wildman–Crippen MR) is 41.9 cm³/mol. The van der Waals surface area contributed by atoms with E-state index in [9.17, 15) is 0 Å². The molecule has 0 nitrogen and oxygen atoms in total. The molecule has 4 heteroatoms. The van der Waals surface area contributed by atoms with E-state index in [0.29, 0.717) is 5.82 Å². The predicted octanol–water partition coefficient (Wildman–Crippen LogP) is 0.179. The van der Waals surface area contributed by atoms with Crippen molar-refractivity contribution in [2.75, 3.05) is 0 Å². The van der Waals surface area contributed by atoms with Crippen LogP contribution in [-0.2, 0) is 0 Å². The molecule has 0 bridgehead atoms. The summed E-state index contributed by atoms with van der Waals surface area (Å²) < 4.78 is 0. The maximum absolute atomic E-state index is 5.23.